The molecule has 0 aliphatic carbocycles. The molecule has 0 atom stereocenters. The van der Waals surface area contributed by atoms with Crippen molar-refractivity contribution in [3.63, 3.8) is 0 Å². The molecule has 0 bridgehead atoms. The van der Waals surface area contributed by atoms with Crippen molar-refractivity contribution in [2.45, 2.75) is 6.54 Å². The summed E-state index contributed by atoms with van der Waals surface area (Å²) in [6.45, 7) is 0.488. The topological polar surface area (TPSA) is 81.9 Å². The van der Waals surface area contributed by atoms with Crippen molar-refractivity contribution in [3.8, 4) is 0 Å². The molecule has 3 aromatic rings. The van der Waals surface area contributed by atoms with E-state index in [4.69, 9.17) is 4.84 Å². The Hall–Kier alpha value is -2.83. The number of nitrogens with zero attached hydrogens (tertiary/aromatic N) is 3. The molecule has 7 nitrogen and oxygen atoms in total. The fraction of sp³-hybridized carbons (Fsp3) is 0.154. The third-order valence-corrected chi connectivity index (χ3v) is 3.01. The molecule has 0 unspecified atom stereocenters. The highest BCUT2D eigenvalue weighted by molar-refractivity contribution is 5.69. The molecule has 0 aliphatic rings. The zero-order valence-electron chi connectivity index (χ0n) is 10.7. The normalized spacial score (nSPS) is 10.8. The Kier molecular flexibility index (Phi) is 2.86. The van der Waals surface area contributed by atoms with Crippen LogP contribution >= 0.6 is 0 Å². The number of H-pyrrole nitrogens is 1. The van der Waals surface area contributed by atoms with E-state index in [-0.39, 0.29) is 5.65 Å². The lowest BCUT2D eigenvalue weighted by molar-refractivity contribution is 0.163. The maximum atomic E-state index is 12.0. The van der Waals surface area contributed by atoms with Crippen molar-refractivity contribution >= 4 is 11.2 Å². The van der Waals surface area contributed by atoms with E-state index >= 15 is 0 Å². The molecule has 0 radical (unpaired) electrons. The van der Waals surface area contributed by atoms with Crippen LogP contribution in [0.5, 0.6) is 0 Å². The van der Waals surface area contributed by atoms with Gasteiger partial charge in [-0.15, -0.1) is 4.73 Å². The molecular weight excluding hydrogens is 260 g/mol. The molecule has 2 aromatic heterocycles. The summed E-state index contributed by atoms with van der Waals surface area (Å²) in [5.41, 5.74) is 0.413. The first-order valence-corrected chi connectivity index (χ1v) is 5.99. The van der Waals surface area contributed by atoms with Crippen LogP contribution in [-0.4, -0.2) is 26.4 Å². The highest BCUT2D eigenvalue weighted by Crippen LogP contribution is 2.08. The van der Waals surface area contributed by atoms with Crippen molar-refractivity contribution in [2.24, 2.45) is 0 Å². The first-order valence-electron chi connectivity index (χ1n) is 5.99. The van der Waals surface area contributed by atoms with E-state index in [1.165, 1.54) is 13.4 Å². The standard InChI is InChI=1S/C13H12N4O3/c1-20-17-11-10(12(18)15-13(17)19)16(8-14-11)7-9-5-3-2-4-6-9/h2-6,8H,7H2,1H3,(H,15,18,19). The van der Waals surface area contributed by atoms with Gasteiger partial charge in [0.2, 0.25) is 5.65 Å². The molecule has 2 heterocycles. The number of rotatable bonds is 3. The van der Waals surface area contributed by atoms with E-state index in [0.29, 0.717) is 12.1 Å². The van der Waals surface area contributed by atoms with Crippen LogP contribution in [-0.2, 0) is 6.54 Å². The van der Waals surface area contributed by atoms with Gasteiger partial charge in [-0.05, 0) is 5.56 Å². The van der Waals surface area contributed by atoms with Gasteiger partial charge in [-0.25, -0.2) is 9.78 Å². The summed E-state index contributed by atoms with van der Waals surface area (Å²) >= 11 is 0. The van der Waals surface area contributed by atoms with E-state index in [9.17, 15) is 9.59 Å². The van der Waals surface area contributed by atoms with Gasteiger partial charge in [0.1, 0.15) is 7.11 Å². The molecule has 0 amide bonds. The van der Waals surface area contributed by atoms with Gasteiger partial charge in [-0.3, -0.25) is 9.78 Å². The minimum atomic E-state index is -0.644. The van der Waals surface area contributed by atoms with Crippen LogP contribution in [0.15, 0.2) is 46.2 Å². The maximum absolute atomic E-state index is 12.0. The Morgan fingerprint density at radius 1 is 1.25 bits per heavy atom. The van der Waals surface area contributed by atoms with Crippen molar-refractivity contribution < 1.29 is 4.84 Å². The maximum Gasteiger partial charge on any atom is 0.363 e. The van der Waals surface area contributed by atoms with Crippen LogP contribution in [0.4, 0.5) is 0 Å². The fourth-order valence-electron chi connectivity index (χ4n) is 2.12. The monoisotopic (exact) mass is 272 g/mol. The number of aromatic amines is 1. The van der Waals surface area contributed by atoms with E-state index in [1.807, 2.05) is 30.3 Å². The largest absolute Gasteiger partial charge is 0.411 e. The van der Waals surface area contributed by atoms with E-state index in [0.717, 1.165) is 10.3 Å². The fourth-order valence-corrected chi connectivity index (χ4v) is 2.12. The van der Waals surface area contributed by atoms with Crippen molar-refractivity contribution in [1.29, 1.82) is 0 Å². The van der Waals surface area contributed by atoms with E-state index < -0.39 is 11.2 Å². The summed E-state index contributed by atoms with van der Waals surface area (Å²) in [5, 5.41) is 0. The average Bonchev–Trinajstić information content (AvgIpc) is 2.84. The second-order valence-corrected chi connectivity index (χ2v) is 4.27. The summed E-state index contributed by atoms with van der Waals surface area (Å²) in [6, 6.07) is 9.66. The molecule has 0 spiro atoms. The quantitative estimate of drug-likeness (QED) is 0.727. The van der Waals surface area contributed by atoms with E-state index in [1.54, 1.807) is 4.57 Å². The highest BCUT2D eigenvalue weighted by atomic mass is 16.7. The van der Waals surface area contributed by atoms with Crippen molar-refractivity contribution in [1.82, 2.24) is 19.3 Å². The summed E-state index contributed by atoms with van der Waals surface area (Å²) in [4.78, 5) is 34.8. The molecular formula is C13H12N4O3. The van der Waals surface area contributed by atoms with Gasteiger partial charge in [-0.1, -0.05) is 30.3 Å². The Balaban J connectivity index is 2.19. The van der Waals surface area contributed by atoms with Crippen LogP contribution in [0.2, 0.25) is 0 Å². The summed E-state index contributed by atoms with van der Waals surface area (Å²) in [6.07, 6.45) is 1.52. The van der Waals surface area contributed by atoms with Crippen LogP contribution in [0.25, 0.3) is 11.2 Å². The van der Waals surface area contributed by atoms with Crippen LogP contribution in [0.1, 0.15) is 5.56 Å². The zero-order chi connectivity index (χ0) is 14.1. The molecule has 102 valence electrons. The Morgan fingerprint density at radius 2 is 2.00 bits per heavy atom. The predicted molar refractivity (Wildman–Crippen MR) is 72.7 cm³/mol. The SMILES string of the molecule is COn1c(=O)[nH]c(=O)c2c1ncn2Cc1ccccc1. The smallest absolute Gasteiger partial charge is 0.363 e. The van der Waals surface area contributed by atoms with Crippen molar-refractivity contribution in [3.05, 3.63) is 63.1 Å². The molecule has 0 saturated carbocycles. The number of aromatic nitrogens is 4. The number of nitrogens with one attached hydrogen (secondary N) is 1. The summed E-state index contributed by atoms with van der Waals surface area (Å²) in [5.74, 6) is 0. The molecule has 7 heteroatoms. The van der Waals surface area contributed by atoms with Gasteiger partial charge in [0.05, 0.1) is 6.33 Å². The molecule has 0 aliphatic heterocycles. The first-order chi connectivity index (χ1) is 9.70. The Bertz CT molecular complexity index is 861. The lowest BCUT2D eigenvalue weighted by Crippen LogP contribution is -2.33. The third kappa shape index (κ3) is 1.89. The second-order valence-electron chi connectivity index (χ2n) is 4.27. The number of fused-ring (bicyclic) bond motifs is 1. The van der Waals surface area contributed by atoms with Gasteiger partial charge in [0, 0.05) is 6.54 Å². The first kappa shape index (κ1) is 12.2. The number of hydrogen-bond donors (Lipinski definition) is 1. The minimum absolute atomic E-state index is 0.206. The Labute approximate surface area is 113 Å². The number of imidazole rings is 1. The third-order valence-electron chi connectivity index (χ3n) is 3.01. The van der Waals surface area contributed by atoms with Crippen LogP contribution in [0, 0.1) is 0 Å². The highest BCUT2D eigenvalue weighted by Gasteiger charge is 2.13. The second kappa shape index (κ2) is 4.69. The van der Waals surface area contributed by atoms with Gasteiger partial charge in [0.25, 0.3) is 5.56 Å². The Morgan fingerprint density at radius 3 is 2.70 bits per heavy atom. The predicted octanol–water partition coefficient (Wildman–Crippen LogP) is -0.00700. The average molecular weight is 272 g/mol. The van der Waals surface area contributed by atoms with Crippen LogP contribution in [0.3, 0.4) is 0 Å². The lowest BCUT2D eigenvalue weighted by atomic mass is 10.2. The minimum Gasteiger partial charge on any atom is -0.411 e. The van der Waals surface area contributed by atoms with E-state index in [2.05, 4.69) is 9.97 Å². The molecule has 1 aromatic carbocycles. The molecule has 3 rings (SSSR count). The number of benzene rings is 1. The molecule has 0 saturated heterocycles. The van der Waals surface area contributed by atoms with Gasteiger partial charge < -0.3 is 9.40 Å². The van der Waals surface area contributed by atoms with Gasteiger partial charge in [0.15, 0.2) is 5.52 Å². The van der Waals surface area contributed by atoms with Crippen LogP contribution < -0.4 is 16.1 Å². The summed E-state index contributed by atoms with van der Waals surface area (Å²) < 4.78 is 2.64. The van der Waals surface area contributed by atoms with Gasteiger partial charge >= 0.3 is 5.69 Å². The van der Waals surface area contributed by atoms with Crippen molar-refractivity contribution in [2.75, 3.05) is 7.11 Å². The lowest BCUT2D eigenvalue weighted by Gasteiger charge is -2.05. The number of hydrogen-bond acceptors (Lipinski definition) is 4. The zero-order valence-corrected chi connectivity index (χ0v) is 10.7. The van der Waals surface area contributed by atoms with Gasteiger partial charge in [-0.2, -0.15) is 0 Å². The molecule has 1 N–H and O–H groups in total. The molecule has 0 fully saturated rings. The molecule has 20 heavy (non-hydrogen) atoms. The summed E-state index contributed by atoms with van der Waals surface area (Å²) in [7, 11) is 1.34.